The Hall–Kier alpha value is -3.71. The highest BCUT2D eigenvalue weighted by atomic mass is 19.1. The fraction of sp³-hybridized carbons (Fsp3) is 0.231. The number of nitrogens with zero attached hydrogens (tertiary/aromatic N) is 1. The summed E-state index contributed by atoms with van der Waals surface area (Å²) >= 11 is 0. The second kappa shape index (κ2) is 10.3. The summed E-state index contributed by atoms with van der Waals surface area (Å²) in [6, 6.07) is 19.8. The molecule has 0 spiro atoms. The van der Waals surface area contributed by atoms with Gasteiger partial charge in [-0.3, -0.25) is 9.59 Å². The van der Waals surface area contributed by atoms with Crippen LogP contribution in [-0.4, -0.2) is 18.4 Å². The van der Waals surface area contributed by atoms with Crippen LogP contribution in [-0.2, 0) is 16.1 Å². The molecule has 1 aliphatic rings. The number of hydrogen-bond donors (Lipinski definition) is 3. The Morgan fingerprint density at radius 3 is 2.52 bits per heavy atom. The standard InChI is InChI=1S/C26H27FN4O2/c27-23-9-2-1-8-22(23)25(29-20-7-5-6-18(16-20)17-28)26(33)30-19-11-13-21(14-12-19)31-15-4-3-10-24(31)32/h1-2,5-9,11-14,16,25,29H,3-4,10,15,17,28H2,(H,30,33)/t25-/m0/s1. The molecule has 0 radical (unpaired) electrons. The van der Waals surface area contributed by atoms with Crippen LogP contribution in [0.4, 0.5) is 21.5 Å². The lowest BCUT2D eigenvalue weighted by atomic mass is 10.0. The Labute approximate surface area is 192 Å². The summed E-state index contributed by atoms with van der Waals surface area (Å²) in [7, 11) is 0. The zero-order chi connectivity index (χ0) is 23.2. The van der Waals surface area contributed by atoms with E-state index in [9.17, 15) is 14.0 Å². The minimum atomic E-state index is -0.956. The number of carbonyl (C=O) groups excluding carboxylic acids is 2. The topological polar surface area (TPSA) is 87.5 Å². The molecular formula is C26H27FN4O2. The molecule has 4 N–H and O–H groups in total. The summed E-state index contributed by atoms with van der Waals surface area (Å²) in [5.74, 6) is -0.763. The number of halogens is 1. The predicted molar refractivity (Wildman–Crippen MR) is 128 cm³/mol. The van der Waals surface area contributed by atoms with Crippen LogP contribution < -0.4 is 21.3 Å². The number of anilines is 3. The third-order valence-electron chi connectivity index (χ3n) is 5.72. The number of nitrogens with one attached hydrogen (secondary N) is 2. The molecule has 1 atom stereocenters. The maximum Gasteiger partial charge on any atom is 0.251 e. The lowest BCUT2D eigenvalue weighted by molar-refractivity contribution is -0.119. The summed E-state index contributed by atoms with van der Waals surface area (Å²) < 4.78 is 14.6. The van der Waals surface area contributed by atoms with E-state index in [2.05, 4.69) is 10.6 Å². The highest BCUT2D eigenvalue weighted by molar-refractivity contribution is 5.98. The number of amides is 2. The van der Waals surface area contributed by atoms with Crippen LogP contribution in [0.2, 0.25) is 0 Å². The molecule has 0 bridgehead atoms. The first-order valence-electron chi connectivity index (χ1n) is 11.1. The largest absolute Gasteiger partial charge is 0.370 e. The molecule has 1 saturated heterocycles. The van der Waals surface area contributed by atoms with E-state index in [1.807, 2.05) is 36.4 Å². The van der Waals surface area contributed by atoms with Crippen LogP contribution in [0.1, 0.15) is 36.4 Å². The van der Waals surface area contributed by atoms with Crippen LogP contribution in [0.15, 0.2) is 72.8 Å². The molecule has 3 aromatic carbocycles. The quantitative estimate of drug-likeness (QED) is 0.495. The van der Waals surface area contributed by atoms with Crippen molar-refractivity contribution in [2.45, 2.75) is 31.8 Å². The second-order valence-electron chi connectivity index (χ2n) is 8.04. The van der Waals surface area contributed by atoms with E-state index in [4.69, 9.17) is 5.73 Å². The Kier molecular flexibility index (Phi) is 7.00. The van der Waals surface area contributed by atoms with E-state index in [1.54, 1.807) is 35.2 Å². The van der Waals surface area contributed by atoms with E-state index < -0.39 is 17.8 Å². The van der Waals surface area contributed by atoms with Gasteiger partial charge in [0.25, 0.3) is 5.91 Å². The van der Waals surface area contributed by atoms with Crippen molar-refractivity contribution in [1.82, 2.24) is 0 Å². The van der Waals surface area contributed by atoms with Crippen molar-refractivity contribution in [2.24, 2.45) is 5.73 Å². The van der Waals surface area contributed by atoms with Crippen LogP contribution in [0.25, 0.3) is 0 Å². The molecule has 1 heterocycles. The van der Waals surface area contributed by atoms with Gasteiger partial charge in [0.1, 0.15) is 11.9 Å². The fourth-order valence-electron chi connectivity index (χ4n) is 3.97. The molecule has 6 nitrogen and oxygen atoms in total. The van der Waals surface area contributed by atoms with Gasteiger partial charge in [0.2, 0.25) is 5.91 Å². The molecule has 4 rings (SSSR count). The highest BCUT2D eigenvalue weighted by Crippen LogP contribution is 2.26. The Balaban J connectivity index is 1.55. The maximum atomic E-state index is 14.6. The van der Waals surface area contributed by atoms with Crippen molar-refractivity contribution in [3.63, 3.8) is 0 Å². The molecule has 3 aromatic rings. The molecule has 33 heavy (non-hydrogen) atoms. The van der Waals surface area contributed by atoms with Crippen molar-refractivity contribution in [3.8, 4) is 0 Å². The third-order valence-corrected chi connectivity index (χ3v) is 5.72. The second-order valence-corrected chi connectivity index (χ2v) is 8.04. The Bertz CT molecular complexity index is 1130. The summed E-state index contributed by atoms with van der Waals surface area (Å²) in [5.41, 5.74) is 8.90. The molecule has 170 valence electrons. The molecular weight excluding hydrogens is 419 g/mol. The number of rotatable bonds is 7. The van der Waals surface area contributed by atoms with Gasteiger partial charge in [-0.2, -0.15) is 0 Å². The Morgan fingerprint density at radius 1 is 1.00 bits per heavy atom. The van der Waals surface area contributed by atoms with Gasteiger partial charge in [0.15, 0.2) is 0 Å². The molecule has 0 aliphatic carbocycles. The first kappa shape index (κ1) is 22.5. The van der Waals surface area contributed by atoms with Gasteiger partial charge in [-0.25, -0.2) is 4.39 Å². The van der Waals surface area contributed by atoms with Crippen molar-refractivity contribution >= 4 is 28.9 Å². The van der Waals surface area contributed by atoms with Gasteiger partial charge in [-0.05, 0) is 60.9 Å². The third kappa shape index (κ3) is 5.38. The molecule has 2 amide bonds. The zero-order valence-corrected chi connectivity index (χ0v) is 18.3. The van der Waals surface area contributed by atoms with Crippen molar-refractivity contribution in [3.05, 3.63) is 89.7 Å². The molecule has 1 aliphatic heterocycles. The molecule has 7 heteroatoms. The van der Waals surface area contributed by atoms with Crippen LogP contribution in [0, 0.1) is 5.82 Å². The number of hydrogen-bond acceptors (Lipinski definition) is 4. The average Bonchev–Trinajstić information content (AvgIpc) is 2.84. The van der Waals surface area contributed by atoms with E-state index in [1.165, 1.54) is 6.07 Å². The van der Waals surface area contributed by atoms with E-state index >= 15 is 0 Å². The van der Waals surface area contributed by atoms with E-state index in [0.717, 1.165) is 24.1 Å². The van der Waals surface area contributed by atoms with Crippen LogP contribution >= 0.6 is 0 Å². The van der Waals surface area contributed by atoms with Crippen LogP contribution in [0.5, 0.6) is 0 Å². The summed E-state index contributed by atoms with van der Waals surface area (Å²) in [4.78, 5) is 27.2. The van der Waals surface area contributed by atoms with Gasteiger partial charge < -0.3 is 21.3 Å². The van der Waals surface area contributed by atoms with Crippen molar-refractivity contribution < 1.29 is 14.0 Å². The first-order valence-corrected chi connectivity index (χ1v) is 11.1. The van der Waals surface area contributed by atoms with Crippen molar-refractivity contribution in [2.75, 3.05) is 22.1 Å². The number of nitrogens with two attached hydrogens (primary N) is 1. The van der Waals surface area contributed by atoms with E-state index in [0.29, 0.717) is 30.9 Å². The fourth-order valence-corrected chi connectivity index (χ4v) is 3.97. The first-order chi connectivity index (χ1) is 16.0. The SMILES string of the molecule is NCc1cccc(N[C@H](C(=O)Nc2ccc(N3CCCCC3=O)cc2)c2ccccc2F)c1. The van der Waals surface area contributed by atoms with Gasteiger partial charge >= 0.3 is 0 Å². The summed E-state index contributed by atoms with van der Waals surface area (Å²) in [6.07, 6.45) is 2.45. The number of piperidine rings is 1. The highest BCUT2D eigenvalue weighted by Gasteiger charge is 2.24. The summed E-state index contributed by atoms with van der Waals surface area (Å²) in [6.45, 7) is 1.06. The average molecular weight is 447 g/mol. The molecule has 0 aromatic heterocycles. The predicted octanol–water partition coefficient (Wildman–Crippen LogP) is 4.59. The van der Waals surface area contributed by atoms with Gasteiger partial charge in [0.05, 0.1) is 0 Å². The van der Waals surface area contributed by atoms with Crippen molar-refractivity contribution in [1.29, 1.82) is 0 Å². The molecule has 0 unspecified atom stereocenters. The van der Waals surface area contributed by atoms with Crippen LogP contribution in [0.3, 0.4) is 0 Å². The lowest BCUT2D eigenvalue weighted by Crippen LogP contribution is -2.35. The van der Waals surface area contributed by atoms with Gasteiger partial charge in [-0.1, -0.05) is 30.3 Å². The maximum absolute atomic E-state index is 14.6. The minimum Gasteiger partial charge on any atom is -0.370 e. The van der Waals surface area contributed by atoms with E-state index in [-0.39, 0.29) is 11.5 Å². The zero-order valence-electron chi connectivity index (χ0n) is 18.3. The minimum absolute atomic E-state index is 0.113. The van der Waals surface area contributed by atoms with Gasteiger partial charge in [-0.15, -0.1) is 0 Å². The summed E-state index contributed by atoms with van der Waals surface area (Å²) in [5, 5.41) is 6.00. The smallest absolute Gasteiger partial charge is 0.251 e. The number of benzene rings is 3. The lowest BCUT2D eigenvalue weighted by Gasteiger charge is -2.27. The number of carbonyl (C=O) groups is 2. The molecule has 0 saturated carbocycles. The monoisotopic (exact) mass is 446 g/mol. The Morgan fingerprint density at radius 2 is 1.79 bits per heavy atom. The molecule has 1 fully saturated rings. The van der Waals surface area contributed by atoms with Gasteiger partial charge in [0, 0.05) is 42.1 Å². The normalized spacial score (nSPS) is 14.6.